The first-order chi connectivity index (χ1) is 17.0. The van der Waals surface area contributed by atoms with Crippen LogP contribution in [0, 0.1) is 0 Å². The lowest BCUT2D eigenvalue weighted by Gasteiger charge is -2.16. The van der Waals surface area contributed by atoms with Crippen LogP contribution in [0.4, 0.5) is 0 Å². The molecule has 1 aliphatic rings. The van der Waals surface area contributed by atoms with Crippen molar-refractivity contribution in [2.75, 3.05) is 18.8 Å². The predicted molar refractivity (Wildman–Crippen MR) is 139 cm³/mol. The molecule has 0 saturated carbocycles. The molecule has 35 heavy (non-hydrogen) atoms. The van der Waals surface area contributed by atoms with Gasteiger partial charge in [0, 0.05) is 35.3 Å². The third-order valence-electron chi connectivity index (χ3n) is 5.26. The van der Waals surface area contributed by atoms with Crippen molar-refractivity contribution in [2.45, 2.75) is 18.1 Å². The average molecular weight is 492 g/mol. The van der Waals surface area contributed by atoms with E-state index in [-0.39, 0.29) is 0 Å². The van der Waals surface area contributed by atoms with E-state index >= 15 is 0 Å². The lowest BCUT2D eigenvalue weighted by molar-refractivity contribution is -0.134. The maximum atomic E-state index is 9.55. The summed E-state index contributed by atoms with van der Waals surface area (Å²) in [5.74, 6) is 0.571. The third-order valence-corrected chi connectivity index (χ3v) is 6.53. The molecule has 0 fully saturated rings. The smallest absolute Gasteiger partial charge is 0.328 e. The number of thioether (sulfide) groups is 1. The maximum absolute atomic E-state index is 9.55. The SMILES string of the molecule is O=C(O)/C=C\C(=O)O.c1ccc(CCNCCSC2Cc3ccccc3Oc3ccccc32)cc1. The van der Waals surface area contributed by atoms with E-state index in [2.05, 4.69) is 78.1 Å². The van der Waals surface area contributed by atoms with Crippen molar-refractivity contribution >= 4 is 23.7 Å². The van der Waals surface area contributed by atoms with E-state index < -0.39 is 11.9 Å². The van der Waals surface area contributed by atoms with Crippen molar-refractivity contribution in [1.82, 2.24) is 5.32 Å². The molecule has 1 aliphatic heterocycles. The number of ether oxygens (including phenoxy) is 1. The summed E-state index contributed by atoms with van der Waals surface area (Å²) < 4.78 is 6.20. The number of carbonyl (C=O) groups is 2. The monoisotopic (exact) mass is 491 g/mol. The second-order valence-corrected chi connectivity index (χ2v) is 9.12. The molecule has 0 spiro atoms. The second-order valence-electron chi connectivity index (χ2n) is 7.81. The Labute approximate surface area is 209 Å². The molecule has 3 aromatic carbocycles. The number of para-hydroxylation sites is 2. The normalized spacial score (nSPS) is 14.0. The molecule has 0 radical (unpaired) electrons. The molecule has 0 amide bonds. The van der Waals surface area contributed by atoms with Gasteiger partial charge in [-0.3, -0.25) is 0 Å². The quantitative estimate of drug-likeness (QED) is 0.274. The fourth-order valence-electron chi connectivity index (χ4n) is 3.61. The molecule has 1 unspecified atom stereocenters. The molecule has 1 atom stereocenters. The van der Waals surface area contributed by atoms with Crippen LogP contribution in [-0.2, 0) is 22.4 Å². The van der Waals surface area contributed by atoms with E-state index in [1.165, 1.54) is 16.7 Å². The first kappa shape index (κ1) is 26.1. The number of hydrogen-bond acceptors (Lipinski definition) is 5. The van der Waals surface area contributed by atoms with Gasteiger partial charge in [-0.1, -0.05) is 66.7 Å². The minimum absolute atomic E-state index is 0.431. The first-order valence-corrected chi connectivity index (χ1v) is 12.4. The van der Waals surface area contributed by atoms with E-state index in [1.807, 2.05) is 17.8 Å². The Morgan fingerprint density at radius 3 is 2.20 bits per heavy atom. The highest BCUT2D eigenvalue weighted by Crippen LogP contribution is 2.43. The summed E-state index contributed by atoms with van der Waals surface area (Å²) >= 11 is 2.02. The van der Waals surface area contributed by atoms with Crippen LogP contribution in [-0.4, -0.2) is 41.0 Å². The number of hydrogen-bond donors (Lipinski definition) is 3. The van der Waals surface area contributed by atoms with Crippen LogP contribution < -0.4 is 10.1 Å². The predicted octanol–water partition coefficient (Wildman–Crippen LogP) is 5.35. The molecule has 0 aromatic heterocycles. The van der Waals surface area contributed by atoms with Crippen molar-refractivity contribution in [3.63, 3.8) is 0 Å². The van der Waals surface area contributed by atoms with Crippen molar-refractivity contribution in [3.05, 3.63) is 108 Å². The van der Waals surface area contributed by atoms with Crippen LogP contribution in [0.5, 0.6) is 11.5 Å². The van der Waals surface area contributed by atoms with Crippen LogP contribution in [0.25, 0.3) is 0 Å². The van der Waals surface area contributed by atoms with Gasteiger partial charge in [0.15, 0.2) is 0 Å². The molecule has 0 saturated heterocycles. The van der Waals surface area contributed by atoms with Crippen molar-refractivity contribution in [3.8, 4) is 11.5 Å². The molecule has 1 heterocycles. The van der Waals surface area contributed by atoms with Crippen LogP contribution in [0.2, 0.25) is 0 Å². The molecule has 3 aromatic rings. The van der Waals surface area contributed by atoms with E-state index in [0.717, 1.165) is 43.2 Å². The van der Waals surface area contributed by atoms with Crippen LogP contribution in [0.3, 0.4) is 0 Å². The van der Waals surface area contributed by atoms with Crippen LogP contribution >= 0.6 is 11.8 Å². The van der Waals surface area contributed by atoms with Crippen molar-refractivity contribution in [2.24, 2.45) is 0 Å². The Kier molecular flexibility index (Phi) is 10.4. The van der Waals surface area contributed by atoms with Crippen LogP contribution in [0.1, 0.15) is 21.9 Å². The number of fused-ring (bicyclic) bond motifs is 2. The Balaban J connectivity index is 0.000000371. The van der Waals surface area contributed by atoms with Gasteiger partial charge in [0.25, 0.3) is 0 Å². The Morgan fingerprint density at radius 2 is 1.49 bits per heavy atom. The number of nitrogens with one attached hydrogen (secondary N) is 1. The van der Waals surface area contributed by atoms with Gasteiger partial charge in [-0.2, -0.15) is 11.8 Å². The zero-order valence-corrected chi connectivity index (χ0v) is 20.1. The highest BCUT2D eigenvalue weighted by Gasteiger charge is 2.23. The molecular formula is C28H29NO5S. The van der Waals surface area contributed by atoms with E-state index in [4.69, 9.17) is 14.9 Å². The van der Waals surface area contributed by atoms with Gasteiger partial charge in [0.05, 0.1) is 0 Å². The van der Waals surface area contributed by atoms with E-state index in [0.29, 0.717) is 17.4 Å². The van der Waals surface area contributed by atoms with Gasteiger partial charge < -0.3 is 20.3 Å². The zero-order valence-electron chi connectivity index (χ0n) is 19.3. The van der Waals surface area contributed by atoms with Gasteiger partial charge in [0.2, 0.25) is 0 Å². The van der Waals surface area contributed by atoms with E-state index in [9.17, 15) is 9.59 Å². The lowest BCUT2D eigenvalue weighted by atomic mass is 10.0. The topological polar surface area (TPSA) is 95.9 Å². The van der Waals surface area contributed by atoms with Crippen LogP contribution in [0.15, 0.2) is 91.0 Å². The molecule has 3 N–H and O–H groups in total. The molecule has 0 aliphatic carbocycles. The second kappa shape index (κ2) is 14.0. The third kappa shape index (κ3) is 8.96. The highest BCUT2D eigenvalue weighted by atomic mass is 32.2. The Morgan fingerprint density at radius 1 is 0.857 bits per heavy atom. The number of benzene rings is 3. The number of rotatable bonds is 9. The summed E-state index contributed by atoms with van der Waals surface area (Å²) in [6.07, 6.45) is 3.21. The molecule has 7 heteroatoms. The molecule has 6 nitrogen and oxygen atoms in total. The standard InChI is InChI=1S/C24H25NOS.C4H4O4/c1-2-8-19(9-3-1)14-15-25-16-17-27-24-18-20-10-4-6-12-22(20)26-23-13-7-5-11-21(23)24;5-3(6)1-2-4(7)8/h1-13,24-25H,14-18H2;1-2H,(H,5,6)(H,7,8)/b;2-1-. The average Bonchev–Trinajstić information content (AvgIpc) is 3.02. The summed E-state index contributed by atoms with van der Waals surface area (Å²) in [6.45, 7) is 2.05. The van der Waals surface area contributed by atoms with Gasteiger partial charge >= 0.3 is 11.9 Å². The fourth-order valence-corrected chi connectivity index (χ4v) is 4.83. The summed E-state index contributed by atoms with van der Waals surface area (Å²) in [4.78, 5) is 19.1. The molecule has 182 valence electrons. The molecular weight excluding hydrogens is 462 g/mol. The Hall–Kier alpha value is -3.55. The summed E-state index contributed by atoms with van der Waals surface area (Å²) in [5, 5.41) is 19.6. The van der Waals surface area contributed by atoms with Gasteiger partial charge in [-0.05, 0) is 42.6 Å². The number of carboxylic acids is 2. The number of aliphatic carboxylic acids is 2. The van der Waals surface area contributed by atoms with Crippen molar-refractivity contribution < 1.29 is 24.5 Å². The fraction of sp³-hybridized carbons (Fsp3) is 0.214. The lowest BCUT2D eigenvalue weighted by Crippen LogP contribution is -2.20. The van der Waals surface area contributed by atoms with Crippen molar-refractivity contribution in [1.29, 1.82) is 0 Å². The zero-order chi connectivity index (χ0) is 24.9. The minimum atomic E-state index is -1.26. The first-order valence-electron chi connectivity index (χ1n) is 11.4. The van der Waals surface area contributed by atoms with Gasteiger partial charge in [-0.25, -0.2) is 9.59 Å². The number of carboxylic acid groups (broad SMARTS) is 2. The highest BCUT2D eigenvalue weighted by molar-refractivity contribution is 7.99. The van der Waals surface area contributed by atoms with Gasteiger partial charge in [0.1, 0.15) is 11.5 Å². The maximum Gasteiger partial charge on any atom is 0.328 e. The largest absolute Gasteiger partial charge is 0.478 e. The summed E-state index contributed by atoms with van der Waals surface area (Å²) in [5.41, 5.74) is 4.00. The van der Waals surface area contributed by atoms with E-state index in [1.54, 1.807) is 0 Å². The van der Waals surface area contributed by atoms with Gasteiger partial charge in [-0.15, -0.1) is 0 Å². The summed E-state index contributed by atoms with van der Waals surface area (Å²) in [7, 11) is 0. The molecule has 0 bridgehead atoms. The minimum Gasteiger partial charge on any atom is -0.478 e. The Bertz CT molecular complexity index is 1120. The summed E-state index contributed by atoms with van der Waals surface area (Å²) in [6, 6.07) is 27.5. The molecule has 4 rings (SSSR count).